The van der Waals surface area contributed by atoms with Gasteiger partial charge in [-0.15, -0.1) is 0 Å². The van der Waals surface area contributed by atoms with Gasteiger partial charge in [-0.05, 0) is 55.9 Å². The lowest BCUT2D eigenvalue weighted by Gasteiger charge is -2.18. The Kier molecular flexibility index (Phi) is 4.48. The molecule has 1 atom stereocenters. The summed E-state index contributed by atoms with van der Waals surface area (Å²) in [7, 11) is 0. The van der Waals surface area contributed by atoms with Gasteiger partial charge in [0.1, 0.15) is 0 Å². The second-order valence-electron chi connectivity index (χ2n) is 5.33. The number of amides is 1. The zero-order valence-corrected chi connectivity index (χ0v) is 12.2. The quantitative estimate of drug-likeness (QED) is 0.925. The molecule has 0 bridgehead atoms. The number of likely N-dealkylation sites (tertiary alicyclic amines) is 1. The van der Waals surface area contributed by atoms with Crippen molar-refractivity contribution in [3.63, 3.8) is 0 Å². The van der Waals surface area contributed by atoms with Crippen LogP contribution in [0.25, 0.3) is 0 Å². The van der Waals surface area contributed by atoms with E-state index in [-0.39, 0.29) is 12.5 Å². The lowest BCUT2D eigenvalue weighted by Crippen LogP contribution is -2.29. The fourth-order valence-corrected chi connectivity index (χ4v) is 2.85. The van der Waals surface area contributed by atoms with Gasteiger partial charge >= 0.3 is 0 Å². The van der Waals surface area contributed by atoms with Gasteiger partial charge in [0.15, 0.2) is 0 Å². The minimum atomic E-state index is 0.00791. The van der Waals surface area contributed by atoms with Crippen LogP contribution in [0.5, 0.6) is 0 Å². The summed E-state index contributed by atoms with van der Waals surface area (Å²) in [6, 6.07) is 3.73. The van der Waals surface area contributed by atoms with E-state index in [0.29, 0.717) is 16.5 Å². The van der Waals surface area contributed by atoms with Crippen molar-refractivity contribution in [1.29, 1.82) is 0 Å². The van der Waals surface area contributed by atoms with Crippen molar-refractivity contribution < 1.29 is 9.90 Å². The molecule has 1 heterocycles. The maximum absolute atomic E-state index is 12.5. The molecule has 2 rings (SSSR count). The molecule has 1 N–H and O–H groups in total. The smallest absolute Gasteiger partial charge is 0.255 e. The summed E-state index contributed by atoms with van der Waals surface area (Å²) in [6.45, 7) is 5.65. The summed E-state index contributed by atoms with van der Waals surface area (Å²) >= 11 is 6.18. The van der Waals surface area contributed by atoms with Crippen LogP contribution in [0.3, 0.4) is 0 Å². The molecule has 1 fully saturated rings. The summed E-state index contributed by atoms with van der Waals surface area (Å²) < 4.78 is 0. The van der Waals surface area contributed by atoms with Crippen LogP contribution in [-0.4, -0.2) is 35.6 Å². The van der Waals surface area contributed by atoms with E-state index in [2.05, 4.69) is 0 Å². The first kappa shape index (κ1) is 14.4. The Morgan fingerprint density at radius 1 is 1.42 bits per heavy atom. The summed E-state index contributed by atoms with van der Waals surface area (Å²) in [5.41, 5.74) is 2.77. The molecular formula is C15H20ClNO2. The van der Waals surface area contributed by atoms with Crippen molar-refractivity contribution in [2.45, 2.75) is 26.7 Å². The molecule has 19 heavy (non-hydrogen) atoms. The van der Waals surface area contributed by atoms with Gasteiger partial charge in [0, 0.05) is 19.7 Å². The second kappa shape index (κ2) is 5.93. The lowest BCUT2D eigenvalue weighted by atomic mass is 10.0. The number of aliphatic hydroxyl groups excluding tert-OH is 1. The van der Waals surface area contributed by atoms with E-state index >= 15 is 0 Å². The Hall–Kier alpha value is -1.06. The van der Waals surface area contributed by atoms with Crippen molar-refractivity contribution >= 4 is 17.5 Å². The molecule has 1 aromatic carbocycles. The van der Waals surface area contributed by atoms with E-state index in [1.807, 2.05) is 30.9 Å². The number of aliphatic hydroxyl groups is 1. The molecule has 1 aliphatic rings. The average Bonchev–Trinajstić information content (AvgIpc) is 2.82. The standard InChI is InChI=1S/C15H20ClNO2/c1-10-7-13(14(16)8-11(10)2)15(19)17-5-3-12(9-17)4-6-18/h7-8,12,18H,3-6,9H2,1-2H3/t12-/m0/s1. The van der Waals surface area contributed by atoms with Crippen molar-refractivity contribution in [3.8, 4) is 0 Å². The molecule has 3 nitrogen and oxygen atoms in total. The van der Waals surface area contributed by atoms with Crippen molar-refractivity contribution in [3.05, 3.63) is 33.8 Å². The predicted octanol–water partition coefficient (Wildman–Crippen LogP) is 2.80. The number of rotatable bonds is 3. The highest BCUT2D eigenvalue weighted by molar-refractivity contribution is 6.34. The van der Waals surface area contributed by atoms with Crippen LogP contribution in [0.4, 0.5) is 0 Å². The normalized spacial score (nSPS) is 18.9. The zero-order valence-electron chi connectivity index (χ0n) is 11.4. The predicted molar refractivity (Wildman–Crippen MR) is 76.6 cm³/mol. The summed E-state index contributed by atoms with van der Waals surface area (Å²) in [4.78, 5) is 14.3. The molecule has 0 radical (unpaired) electrons. The molecule has 1 amide bonds. The third-order valence-corrected chi connectivity index (χ3v) is 4.24. The van der Waals surface area contributed by atoms with E-state index < -0.39 is 0 Å². The highest BCUT2D eigenvalue weighted by Gasteiger charge is 2.27. The number of aryl methyl sites for hydroxylation is 2. The van der Waals surface area contributed by atoms with E-state index in [1.165, 1.54) is 0 Å². The first-order valence-corrected chi connectivity index (χ1v) is 7.07. The van der Waals surface area contributed by atoms with Crippen LogP contribution < -0.4 is 0 Å². The van der Waals surface area contributed by atoms with E-state index in [9.17, 15) is 4.79 Å². The molecule has 104 valence electrons. The Bertz CT molecular complexity index is 487. The molecular weight excluding hydrogens is 262 g/mol. The second-order valence-corrected chi connectivity index (χ2v) is 5.74. The first-order chi connectivity index (χ1) is 9.02. The van der Waals surface area contributed by atoms with Crippen LogP contribution in [-0.2, 0) is 0 Å². The SMILES string of the molecule is Cc1cc(Cl)c(C(=O)N2CC[C@@H](CCO)C2)cc1C. The number of hydrogen-bond donors (Lipinski definition) is 1. The number of halogens is 1. The molecule has 0 aliphatic carbocycles. The van der Waals surface area contributed by atoms with E-state index in [0.717, 1.165) is 37.1 Å². The number of nitrogens with zero attached hydrogens (tertiary/aromatic N) is 1. The molecule has 0 spiro atoms. The van der Waals surface area contributed by atoms with E-state index in [1.54, 1.807) is 0 Å². The number of carbonyl (C=O) groups excluding carboxylic acids is 1. The molecule has 0 aromatic heterocycles. The molecule has 1 saturated heterocycles. The molecule has 0 unspecified atom stereocenters. The van der Waals surface area contributed by atoms with Crippen molar-refractivity contribution in [1.82, 2.24) is 4.90 Å². The van der Waals surface area contributed by atoms with Gasteiger partial charge in [0.05, 0.1) is 10.6 Å². The Morgan fingerprint density at radius 2 is 2.11 bits per heavy atom. The van der Waals surface area contributed by atoms with Gasteiger partial charge in [0.25, 0.3) is 5.91 Å². The van der Waals surface area contributed by atoms with Gasteiger partial charge in [-0.2, -0.15) is 0 Å². The molecule has 4 heteroatoms. The molecule has 1 aliphatic heterocycles. The number of hydrogen-bond acceptors (Lipinski definition) is 2. The van der Waals surface area contributed by atoms with E-state index in [4.69, 9.17) is 16.7 Å². The number of benzene rings is 1. The largest absolute Gasteiger partial charge is 0.396 e. The van der Waals surface area contributed by atoms with Crippen LogP contribution in [0.15, 0.2) is 12.1 Å². The highest BCUT2D eigenvalue weighted by Crippen LogP contribution is 2.26. The van der Waals surface area contributed by atoms with Gasteiger partial charge < -0.3 is 10.0 Å². The number of carbonyl (C=O) groups is 1. The van der Waals surface area contributed by atoms with Gasteiger partial charge in [-0.25, -0.2) is 0 Å². The lowest BCUT2D eigenvalue weighted by molar-refractivity contribution is 0.0785. The first-order valence-electron chi connectivity index (χ1n) is 6.69. The zero-order chi connectivity index (χ0) is 14.0. The topological polar surface area (TPSA) is 40.5 Å². The summed E-state index contributed by atoms with van der Waals surface area (Å²) in [6.07, 6.45) is 1.74. The van der Waals surface area contributed by atoms with Crippen LogP contribution in [0.2, 0.25) is 5.02 Å². The Balaban J connectivity index is 2.15. The third kappa shape index (κ3) is 3.10. The third-order valence-electron chi connectivity index (χ3n) is 3.92. The molecule has 0 saturated carbocycles. The Labute approximate surface area is 119 Å². The summed E-state index contributed by atoms with van der Waals surface area (Å²) in [5.74, 6) is 0.424. The highest BCUT2D eigenvalue weighted by atomic mass is 35.5. The van der Waals surface area contributed by atoms with Gasteiger partial charge in [0.2, 0.25) is 0 Å². The minimum absolute atomic E-state index is 0.00791. The van der Waals surface area contributed by atoms with Crippen LogP contribution >= 0.6 is 11.6 Å². The fraction of sp³-hybridized carbons (Fsp3) is 0.533. The van der Waals surface area contributed by atoms with Crippen molar-refractivity contribution in [2.24, 2.45) is 5.92 Å². The summed E-state index contributed by atoms with van der Waals surface area (Å²) in [5, 5.41) is 9.48. The van der Waals surface area contributed by atoms with Crippen LogP contribution in [0, 0.1) is 19.8 Å². The Morgan fingerprint density at radius 3 is 2.79 bits per heavy atom. The average molecular weight is 282 g/mol. The van der Waals surface area contributed by atoms with Gasteiger partial charge in [-0.3, -0.25) is 4.79 Å². The van der Waals surface area contributed by atoms with Crippen molar-refractivity contribution in [2.75, 3.05) is 19.7 Å². The maximum Gasteiger partial charge on any atom is 0.255 e. The minimum Gasteiger partial charge on any atom is -0.396 e. The maximum atomic E-state index is 12.5. The fourth-order valence-electron chi connectivity index (χ4n) is 2.55. The monoisotopic (exact) mass is 281 g/mol. The molecule has 1 aromatic rings. The van der Waals surface area contributed by atoms with Gasteiger partial charge in [-0.1, -0.05) is 11.6 Å². The van der Waals surface area contributed by atoms with Crippen LogP contribution in [0.1, 0.15) is 34.3 Å².